The molecular weight excluding hydrogens is 343 g/mol. The molecule has 0 radical (unpaired) electrons. The SMILES string of the molecule is CC1C(NC(=O)c2nnc(Oc3ccc(F)cc3)s2)C2CCN1CC2. The predicted molar refractivity (Wildman–Crippen MR) is 91.4 cm³/mol. The third kappa shape index (κ3) is 3.36. The van der Waals surface area contributed by atoms with Crippen molar-refractivity contribution in [3.63, 3.8) is 0 Å². The number of carbonyl (C=O) groups excluding carboxylic acids is 1. The van der Waals surface area contributed by atoms with Gasteiger partial charge in [0.15, 0.2) is 0 Å². The Labute approximate surface area is 149 Å². The number of hydrogen-bond acceptors (Lipinski definition) is 6. The monoisotopic (exact) mass is 362 g/mol. The van der Waals surface area contributed by atoms with Crippen molar-refractivity contribution in [1.29, 1.82) is 0 Å². The maximum absolute atomic E-state index is 12.9. The minimum absolute atomic E-state index is 0.153. The lowest BCUT2D eigenvalue weighted by Gasteiger charge is -2.49. The molecule has 0 aliphatic carbocycles. The Morgan fingerprint density at radius 1 is 1.28 bits per heavy atom. The van der Waals surface area contributed by atoms with Crippen molar-refractivity contribution in [2.45, 2.75) is 31.8 Å². The van der Waals surface area contributed by atoms with Gasteiger partial charge in [-0.2, -0.15) is 0 Å². The summed E-state index contributed by atoms with van der Waals surface area (Å²) in [5, 5.41) is 11.5. The molecule has 4 heterocycles. The highest BCUT2D eigenvalue weighted by Gasteiger charge is 2.40. The summed E-state index contributed by atoms with van der Waals surface area (Å²) in [7, 11) is 0. The van der Waals surface area contributed by atoms with Gasteiger partial charge < -0.3 is 10.1 Å². The highest BCUT2D eigenvalue weighted by molar-refractivity contribution is 7.15. The molecule has 132 valence electrons. The maximum atomic E-state index is 12.9. The van der Waals surface area contributed by atoms with Crippen molar-refractivity contribution >= 4 is 17.2 Å². The molecule has 2 unspecified atom stereocenters. The average molecular weight is 362 g/mol. The number of fused-ring (bicyclic) bond motifs is 3. The first kappa shape index (κ1) is 16.4. The molecule has 1 N–H and O–H groups in total. The summed E-state index contributed by atoms with van der Waals surface area (Å²) in [6.45, 7) is 4.40. The molecule has 0 saturated carbocycles. The van der Waals surface area contributed by atoms with Crippen LogP contribution in [0.2, 0.25) is 0 Å². The third-order valence-electron chi connectivity index (χ3n) is 5.10. The Kier molecular flexibility index (Phi) is 4.39. The third-order valence-corrected chi connectivity index (χ3v) is 5.90. The van der Waals surface area contributed by atoms with Gasteiger partial charge in [0.2, 0.25) is 5.01 Å². The van der Waals surface area contributed by atoms with E-state index in [1.165, 1.54) is 24.3 Å². The number of halogens is 1. The molecule has 3 aliphatic heterocycles. The molecule has 3 fully saturated rings. The zero-order chi connectivity index (χ0) is 17.4. The van der Waals surface area contributed by atoms with Crippen molar-refractivity contribution < 1.29 is 13.9 Å². The number of carbonyl (C=O) groups is 1. The Morgan fingerprint density at radius 3 is 2.68 bits per heavy atom. The molecular formula is C17H19FN4O2S. The number of aromatic nitrogens is 2. The molecule has 0 spiro atoms. The Hall–Kier alpha value is -2.06. The molecule has 25 heavy (non-hydrogen) atoms. The quantitative estimate of drug-likeness (QED) is 0.906. The van der Waals surface area contributed by atoms with Gasteiger partial charge in [-0.15, -0.1) is 5.10 Å². The minimum Gasteiger partial charge on any atom is -0.430 e. The molecule has 2 bridgehead atoms. The van der Waals surface area contributed by atoms with Gasteiger partial charge in [-0.25, -0.2) is 4.39 Å². The van der Waals surface area contributed by atoms with E-state index in [1.807, 2.05) is 0 Å². The lowest BCUT2D eigenvalue weighted by molar-refractivity contribution is 0.0217. The first-order chi connectivity index (χ1) is 12.1. The number of piperidine rings is 3. The highest BCUT2D eigenvalue weighted by atomic mass is 32.1. The fourth-order valence-electron chi connectivity index (χ4n) is 3.70. The van der Waals surface area contributed by atoms with E-state index < -0.39 is 0 Å². The number of nitrogens with zero attached hydrogens (tertiary/aromatic N) is 3. The summed E-state index contributed by atoms with van der Waals surface area (Å²) >= 11 is 1.09. The minimum atomic E-state index is -0.337. The van der Waals surface area contributed by atoms with E-state index in [4.69, 9.17) is 4.74 Å². The lowest BCUT2D eigenvalue weighted by atomic mass is 9.79. The van der Waals surface area contributed by atoms with Crippen molar-refractivity contribution in [3.8, 4) is 10.9 Å². The van der Waals surface area contributed by atoms with Crippen LogP contribution in [0.15, 0.2) is 24.3 Å². The van der Waals surface area contributed by atoms with E-state index >= 15 is 0 Å². The summed E-state index contributed by atoms with van der Waals surface area (Å²) < 4.78 is 18.4. The maximum Gasteiger partial charge on any atom is 0.300 e. The second-order valence-electron chi connectivity index (χ2n) is 6.54. The molecule has 1 aromatic carbocycles. The molecule has 6 nitrogen and oxygen atoms in total. The number of hydrogen-bond donors (Lipinski definition) is 1. The van der Waals surface area contributed by atoms with Crippen LogP contribution in [-0.2, 0) is 0 Å². The Balaban J connectivity index is 1.41. The zero-order valence-electron chi connectivity index (χ0n) is 13.8. The molecule has 2 aromatic rings. The topological polar surface area (TPSA) is 67.3 Å². The van der Waals surface area contributed by atoms with Crippen LogP contribution in [0, 0.1) is 11.7 Å². The van der Waals surface area contributed by atoms with Crippen LogP contribution in [-0.4, -0.2) is 46.2 Å². The standard InChI is InChI=1S/C17H19FN4O2S/c1-10-14(11-6-8-22(10)9-7-11)19-15(23)16-20-21-17(25-16)24-13-4-2-12(18)3-5-13/h2-5,10-11,14H,6-9H2,1H3,(H,19,23). The number of rotatable bonds is 4. The van der Waals surface area contributed by atoms with Crippen molar-refractivity contribution in [3.05, 3.63) is 35.1 Å². The van der Waals surface area contributed by atoms with Gasteiger partial charge in [-0.3, -0.25) is 9.69 Å². The number of benzene rings is 1. The van der Waals surface area contributed by atoms with E-state index in [1.54, 1.807) is 0 Å². The number of amides is 1. The first-order valence-electron chi connectivity index (χ1n) is 8.42. The van der Waals surface area contributed by atoms with Crippen LogP contribution in [0.5, 0.6) is 10.9 Å². The van der Waals surface area contributed by atoms with Gasteiger partial charge >= 0.3 is 0 Å². The zero-order valence-corrected chi connectivity index (χ0v) is 14.6. The number of ether oxygens (including phenoxy) is 1. The van der Waals surface area contributed by atoms with E-state index in [0.717, 1.165) is 37.3 Å². The largest absolute Gasteiger partial charge is 0.430 e. The fourth-order valence-corrected chi connectivity index (χ4v) is 4.32. The van der Waals surface area contributed by atoms with Gasteiger partial charge in [-0.1, -0.05) is 5.10 Å². The molecule has 5 rings (SSSR count). The highest BCUT2D eigenvalue weighted by Crippen LogP contribution is 2.32. The van der Waals surface area contributed by atoms with Crippen molar-refractivity contribution in [2.75, 3.05) is 13.1 Å². The first-order valence-corrected chi connectivity index (χ1v) is 9.23. The van der Waals surface area contributed by atoms with Gasteiger partial charge in [-0.05, 0) is 74.4 Å². The van der Waals surface area contributed by atoms with Crippen LogP contribution in [0.4, 0.5) is 4.39 Å². The second-order valence-corrected chi connectivity index (χ2v) is 7.48. The average Bonchev–Trinajstić information content (AvgIpc) is 3.09. The molecule has 2 atom stereocenters. The van der Waals surface area contributed by atoms with Gasteiger partial charge in [0.05, 0.1) is 0 Å². The van der Waals surface area contributed by atoms with E-state index in [-0.39, 0.29) is 28.0 Å². The molecule has 8 heteroatoms. The predicted octanol–water partition coefficient (Wildman–Crippen LogP) is 2.68. The summed E-state index contributed by atoms with van der Waals surface area (Å²) in [4.78, 5) is 14.9. The smallest absolute Gasteiger partial charge is 0.300 e. The van der Waals surface area contributed by atoms with Crippen LogP contribution in [0.3, 0.4) is 0 Å². The van der Waals surface area contributed by atoms with Crippen LogP contribution >= 0.6 is 11.3 Å². The number of nitrogens with one attached hydrogen (secondary N) is 1. The Morgan fingerprint density at radius 2 is 2.00 bits per heavy atom. The van der Waals surface area contributed by atoms with Gasteiger partial charge in [0.25, 0.3) is 11.1 Å². The van der Waals surface area contributed by atoms with E-state index in [9.17, 15) is 9.18 Å². The van der Waals surface area contributed by atoms with Crippen molar-refractivity contribution in [1.82, 2.24) is 20.4 Å². The second kappa shape index (κ2) is 6.68. The van der Waals surface area contributed by atoms with Crippen LogP contribution in [0.1, 0.15) is 29.6 Å². The fraction of sp³-hybridized carbons (Fsp3) is 0.471. The van der Waals surface area contributed by atoms with Crippen molar-refractivity contribution in [2.24, 2.45) is 5.92 Å². The lowest BCUT2D eigenvalue weighted by Crippen LogP contribution is -2.62. The normalized spacial score (nSPS) is 27.9. The molecule has 3 aliphatic rings. The molecule has 1 aromatic heterocycles. The Bertz CT molecular complexity index is 756. The summed E-state index contributed by atoms with van der Waals surface area (Å²) in [6.07, 6.45) is 2.26. The van der Waals surface area contributed by atoms with Crippen LogP contribution < -0.4 is 10.1 Å². The summed E-state index contributed by atoms with van der Waals surface area (Å²) in [5.74, 6) is 0.440. The summed E-state index contributed by atoms with van der Waals surface area (Å²) in [5.41, 5.74) is 0. The molecule has 3 saturated heterocycles. The van der Waals surface area contributed by atoms with Crippen LogP contribution in [0.25, 0.3) is 0 Å². The molecule has 1 amide bonds. The summed E-state index contributed by atoms with van der Waals surface area (Å²) in [6, 6.07) is 6.12. The van der Waals surface area contributed by atoms with Gasteiger partial charge in [0.1, 0.15) is 11.6 Å². The van der Waals surface area contributed by atoms with E-state index in [0.29, 0.717) is 17.7 Å². The van der Waals surface area contributed by atoms with E-state index in [2.05, 4.69) is 27.3 Å². The van der Waals surface area contributed by atoms with Gasteiger partial charge in [0, 0.05) is 12.1 Å².